The number of aryl methyl sites for hydroxylation is 1. The lowest BCUT2D eigenvalue weighted by Crippen LogP contribution is -2.29. The Labute approximate surface area is 118 Å². The maximum Gasteiger partial charge on any atom is 0.0901 e. The second kappa shape index (κ2) is 6.17. The Morgan fingerprint density at radius 3 is 2.74 bits per heavy atom. The number of aromatic nitrogens is 1. The smallest absolute Gasteiger partial charge is 0.0901 e. The van der Waals surface area contributed by atoms with Crippen LogP contribution in [-0.4, -0.2) is 24.2 Å². The van der Waals surface area contributed by atoms with Crippen LogP contribution in [-0.2, 0) is 4.74 Å². The van der Waals surface area contributed by atoms with Crippen LogP contribution >= 0.6 is 11.3 Å². The topological polar surface area (TPSA) is 34.1 Å². The third-order valence-electron chi connectivity index (χ3n) is 3.25. The van der Waals surface area contributed by atoms with Gasteiger partial charge in [0.1, 0.15) is 0 Å². The van der Waals surface area contributed by atoms with Crippen molar-refractivity contribution in [3.63, 3.8) is 0 Å². The Kier molecular flexibility index (Phi) is 4.56. The quantitative estimate of drug-likeness (QED) is 0.897. The van der Waals surface area contributed by atoms with Gasteiger partial charge in [-0.15, -0.1) is 11.3 Å². The number of nitrogens with zero attached hydrogens (tertiary/aromatic N) is 1. The molecule has 1 heterocycles. The van der Waals surface area contributed by atoms with E-state index in [-0.39, 0.29) is 12.1 Å². The van der Waals surface area contributed by atoms with E-state index in [9.17, 15) is 0 Å². The fraction of sp³-hybridized carbons (Fsp3) is 0.400. The van der Waals surface area contributed by atoms with Crippen LogP contribution in [0.25, 0.3) is 11.3 Å². The molecule has 2 unspecified atom stereocenters. The molecule has 0 saturated carbocycles. The highest BCUT2D eigenvalue weighted by Gasteiger charge is 2.11. The summed E-state index contributed by atoms with van der Waals surface area (Å²) >= 11 is 1.68. The summed E-state index contributed by atoms with van der Waals surface area (Å²) in [5.74, 6) is 0. The van der Waals surface area contributed by atoms with Crippen molar-refractivity contribution in [1.82, 2.24) is 4.98 Å². The van der Waals surface area contributed by atoms with Crippen molar-refractivity contribution in [2.24, 2.45) is 0 Å². The van der Waals surface area contributed by atoms with Gasteiger partial charge >= 0.3 is 0 Å². The van der Waals surface area contributed by atoms with Gasteiger partial charge in [0, 0.05) is 29.8 Å². The van der Waals surface area contributed by atoms with Gasteiger partial charge in [-0.05, 0) is 32.9 Å². The van der Waals surface area contributed by atoms with Gasteiger partial charge in [-0.25, -0.2) is 4.98 Å². The number of hydrogen-bond donors (Lipinski definition) is 1. The fourth-order valence-electron chi connectivity index (χ4n) is 1.85. The Morgan fingerprint density at radius 2 is 2.11 bits per heavy atom. The first kappa shape index (κ1) is 14.0. The molecule has 4 heteroatoms. The first-order chi connectivity index (χ1) is 9.10. The molecule has 2 atom stereocenters. The zero-order valence-corrected chi connectivity index (χ0v) is 12.6. The van der Waals surface area contributed by atoms with Crippen LogP contribution in [0.5, 0.6) is 0 Å². The average Bonchev–Trinajstić information content (AvgIpc) is 2.84. The maximum absolute atomic E-state index is 5.33. The van der Waals surface area contributed by atoms with Crippen LogP contribution in [0.3, 0.4) is 0 Å². The monoisotopic (exact) mass is 276 g/mol. The molecule has 0 saturated heterocycles. The first-order valence-electron chi connectivity index (χ1n) is 6.42. The Morgan fingerprint density at radius 1 is 1.32 bits per heavy atom. The lowest BCUT2D eigenvalue weighted by Gasteiger charge is -2.21. The Balaban J connectivity index is 2.15. The number of thiazole rings is 1. The van der Waals surface area contributed by atoms with Gasteiger partial charge in [0.2, 0.25) is 0 Å². The van der Waals surface area contributed by atoms with E-state index in [1.54, 1.807) is 18.4 Å². The molecule has 2 rings (SSSR count). The minimum absolute atomic E-state index is 0.171. The van der Waals surface area contributed by atoms with Crippen molar-refractivity contribution >= 4 is 17.0 Å². The zero-order chi connectivity index (χ0) is 13.8. The van der Waals surface area contributed by atoms with Crippen LogP contribution in [0, 0.1) is 6.92 Å². The standard InChI is InChI=1S/C15H20N2OS/c1-10(11(2)18-4)16-14-7-5-6-13(8-14)15-9-19-12(3)17-15/h5-11,16H,1-4H3. The third-order valence-corrected chi connectivity index (χ3v) is 4.02. The predicted octanol–water partition coefficient (Wildman–Crippen LogP) is 3.95. The molecule has 0 bridgehead atoms. The lowest BCUT2D eigenvalue weighted by atomic mass is 10.1. The highest BCUT2D eigenvalue weighted by Crippen LogP contribution is 2.24. The summed E-state index contributed by atoms with van der Waals surface area (Å²) in [4.78, 5) is 4.52. The lowest BCUT2D eigenvalue weighted by molar-refractivity contribution is 0.106. The fourth-order valence-corrected chi connectivity index (χ4v) is 2.47. The third kappa shape index (κ3) is 3.55. The molecular formula is C15H20N2OS. The largest absolute Gasteiger partial charge is 0.380 e. The maximum atomic E-state index is 5.33. The van der Waals surface area contributed by atoms with Crippen LogP contribution in [0.1, 0.15) is 18.9 Å². The molecular weight excluding hydrogens is 256 g/mol. The summed E-state index contributed by atoms with van der Waals surface area (Å²) in [5, 5.41) is 6.65. The highest BCUT2D eigenvalue weighted by atomic mass is 32.1. The SMILES string of the molecule is COC(C)C(C)Nc1cccc(-c2csc(C)n2)c1. The summed E-state index contributed by atoms with van der Waals surface area (Å²) in [6.45, 7) is 6.21. The molecule has 0 amide bonds. The van der Waals surface area contributed by atoms with Gasteiger partial charge in [0.05, 0.1) is 16.8 Å². The Bertz CT molecular complexity index is 538. The minimum Gasteiger partial charge on any atom is -0.380 e. The van der Waals surface area contributed by atoms with E-state index in [1.165, 1.54) is 0 Å². The van der Waals surface area contributed by atoms with E-state index in [4.69, 9.17) is 4.74 Å². The van der Waals surface area contributed by atoms with Gasteiger partial charge in [-0.1, -0.05) is 12.1 Å². The highest BCUT2D eigenvalue weighted by molar-refractivity contribution is 7.09. The molecule has 1 N–H and O–H groups in total. The van der Waals surface area contributed by atoms with Crippen LogP contribution < -0.4 is 5.32 Å². The molecule has 102 valence electrons. The van der Waals surface area contributed by atoms with E-state index in [0.717, 1.165) is 22.0 Å². The zero-order valence-electron chi connectivity index (χ0n) is 11.8. The molecule has 0 aliphatic carbocycles. The van der Waals surface area contributed by atoms with Crippen molar-refractivity contribution in [3.8, 4) is 11.3 Å². The second-order valence-electron chi connectivity index (χ2n) is 4.71. The van der Waals surface area contributed by atoms with Gasteiger partial charge < -0.3 is 10.1 Å². The molecule has 0 radical (unpaired) electrons. The molecule has 0 fully saturated rings. The van der Waals surface area contributed by atoms with E-state index >= 15 is 0 Å². The predicted molar refractivity (Wildman–Crippen MR) is 81.8 cm³/mol. The normalized spacial score (nSPS) is 14.1. The molecule has 19 heavy (non-hydrogen) atoms. The number of methoxy groups -OCH3 is 1. The van der Waals surface area contributed by atoms with Crippen molar-refractivity contribution < 1.29 is 4.74 Å². The number of ether oxygens (including phenoxy) is 1. The first-order valence-corrected chi connectivity index (χ1v) is 7.30. The number of nitrogens with one attached hydrogen (secondary N) is 1. The van der Waals surface area contributed by atoms with Crippen molar-refractivity contribution in [2.45, 2.75) is 32.9 Å². The van der Waals surface area contributed by atoms with E-state index in [0.29, 0.717) is 0 Å². The van der Waals surface area contributed by atoms with Crippen molar-refractivity contribution in [3.05, 3.63) is 34.7 Å². The van der Waals surface area contributed by atoms with Crippen molar-refractivity contribution in [1.29, 1.82) is 0 Å². The second-order valence-corrected chi connectivity index (χ2v) is 5.77. The molecule has 1 aromatic carbocycles. The molecule has 0 aliphatic rings. The summed E-state index contributed by atoms with van der Waals surface area (Å²) in [7, 11) is 1.73. The molecule has 0 aliphatic heterocycles. The van der Waals surface area contributed by atoms with E-state index in [1.807, 2.05) is 6.92 Å². The number of hydrogen-bond acceptors (Lipinski definition) is 4. The Hall–Kier alpha value is -1.39. The van der Waals surface area contributed by atoms with E-state index in [2.05, 4.69) is 53.8 Å². The molecule has 0 spiro atoms. The molecule has 3 nitrogen and oxygen atoms in total. The summed E-state index contributed by atoms with van der Waals surface area (Å²) < 4.78 is 5.33. The summed E-state index contributed by atoms with van der Waals surface area (Å²) in [6, 6.07) is 8.60. The van der Waals surface area contributed by atoms with Crippen LogP contribution in [0.2, 0.25) is 0 Å². The van der Waals surface area contributed by atoms with E-state index < -0.39 is 0 Å². The molecule has 2 aromatic rings. The van der Waals surface area contributed by atoms with Crippen LogP contribution in [0.15, 0.2) is 29.6 Å². The minimum atomic E-state index is 0.171. The molecule has 1 aromatic heterocycles. The van der Waals surface area contributed by atoms with Crippen LogP contribution in [0.4, 0.5) is 5.69 Å². The van der Waals surface area contributed by atoms with Gasteiger partial charge in [-0.3, -0.25) is 0 Å². The summed E-state index contributed by atoms with van der Waals surface area (Å²) in [6.07, 6.45) is 0.171. The summed E-state index contributed by atoms with van der Waals surface area (Å²) in [5.41, 5.74) is 3.28. The number of benzene rings is 1. The number of rotatable bonds is 5. The van der Waals surface area contributed by atoms with Crippen molar-refractivity contribution in [2.75, 3.05) is 12.4 Å². The van der Waals surface area contributed by atoms with Gasteiger partial charge in [0.25, 0.3) is 0 Å². The van der Waals surface area contributed by atoms with Gasteiger partial charge in [0.15, 0.2) is 0 Å². The average molecular weight is 276 g/mol. The van der Waals surface area contributed by atoms with Gasteiger partial charge in [-0.2, -0.15) is 0 Å². The number of anilines is 1.